The van der Waals surface area contributed by atoms with Crippen molar-refractivity contribution in [2.45, 2.75) is 31.6 Å². The Hall–Kier alpha value is -2.62. The number of carbonyl (C=O) groups is 2. The first kappa shape index (κ1) is 16.2. The molecule has 3 rings (SSSR count). The monoisotopic (exact) mass is 323 g/mol. The Kier molecular flexibility index (Phi) is 4.94. The third-order valence-corrected chi connectivity index (χ3v) is 4.62. The van der Waals surface area contributed by atoms with E-state index in [-0.39, 0.29) is 18.2 Å². The molecule has 1 fully saturated rings. The van der Waals surface area contributed by atoms with Crippen LogP contribution in [0.2, 0.25) is 0 Å². The molecule has 4 heteroatoms. The van der Waals surface area contributed by atoms with E-state index in [9.17, 15) is 9.59 Å². The van der Waals surface area contributed by atoms with Crippen molar-refractivity contribution >= 4 is 17.6 Å². The molecule has 24 heavy (non-hydrogen) atoms. The zero-order valence-corrected chi connectivity index (χ0v) is 13.4. The quantitative estimate of drug-likeness (QED) is 0.878. The van der Waals surface area contributed by atoms with Gasteiger partial charge in [0.15, 0.2) is 0 Å². The maximum Gasteiger partial charge on any atom is 0.307 e. The number of hydrogen-bond acceptors (Lipinski definition) is 2. The highest BCUT2D eigenvalue weighted by Gasteiger charge is 2.30. The van der Waals surface area contributed by atoms with Crippen LogP contribution >= 0.6 is 0 Å². The van der Waals surface area contributed by atoms with Crippen molar-refractivity contribution in [2.24, 2.45) is 5.92 Å². The molecule has 2 atom stereocenters. The lowest BCUT2D eigenvalue weighted by molar-refractivity contribution is -0.136. The summed E-state index contributed by atoms with van der Waals surface area (Å²) in [4.78, 5) is 23.3. The number of amides is 1. The second-order valence-electron chi connectivity index (χ2n) is 6.38. The summed E-state index contributed by atoms with van der Waals surface area (Å²) in [5.41, 5.74) is 2.66. The van der Waals surface area contributed by atoms with Crippen molar-refractivity contribution in [3.63, 3.8) is 0 Å². The molecule has 1 aliphatic rings. The topological polar surface area (TPSA) is 66.4 Å². The fourth-order valence-electron chi connectivity index (χ4n) is 3.43. The van der Waals surface area contributed by atoms with Gasteiger partial charge in [-0.15, -0.1) is 0 Å². The van der Waals surface area contributed by atoms with Crippen LogP contribution in [0.25, 0.3) is 0 Å². The van der Waals surface area contributed by atoms with Crippen LogP contribution in [0.3, 0.4) is 0 Å². The summed E-state index contributed by atoms with van der Waals surface area (Å²) < 4.78 is 0. The minimum absolute atomic E-state index is 0.0123. The number of benzene rings is 2. The van der Waals surface area contributed by atoms with Crippen LogP contribution in [0.5, 0.6) is 0 Å². The number of carboxylic acid groups (broad SMARTS) is 1. The van der Waals surface area contributed by atoms with Crippen LogP contribution in [0.4, 0.5) is 5.69 Å². The number of carbonyl (C=O) groups excluding carboxylic acids is 1. The highest BCUT2D eigenvalue weighted by atomic mass is 16.4. The smallest absolute Gasteiger partial charge is 0.307 e. The van der Waals surface area contributed by atoms with E-state index in [0.29, 0.717) is 17.2 Å². The lowest BCUT2D eigenvalue weighted by Crippen LogP contribution is -2.20. The Bertz CT molecular complexity index is 727. The third-order valence-electron chi connectivity index (χ3n) is 4.62. The molecule has 1 amide bonds. The molecular formula is C20H21NO3. The van der Waals surface area contributed by atoms with Crippen molar-refractivity contribution in [3.8, 4) is 0 Å². The molecule has 2 aromatic rings. The highest BCUT2D eigenvalue weighted by molar-refractivity contribution is 5.93. The van der Waals surface area contributed by atoms with Gasteiger partial charge >= 0.3 is 5.97 Å². The van der Waals surface area contributed by atoms with Crippen LogP contribution < -0.4 is 5.32 Å². The van der Waals surface area contributed by atoms with E-state index < -0.39 is 5.97 Å². The number of aliphatic carboxylic acids is 1. The minimum Gasteiger partial charge on any atom is -0.481 e. The molecular weight excluding hydrogens is 302 g/mol. The Balaban J connectivity index is 1.61. The van der Waals surface area contributed by atoms with Crippen molar-refractivity contribution in [2.75, 3.05) is 5.32 Å². The normalized spacial score (nSPS) is 19.8. The number of carboxylic acids is 1. The molecule has 1 aliphatic carbocycles. The van der Waals surface area contributed by atoms with E-state index in [2.05, 4.69) is 17.4 Å². The summed E-state index contributed by atoms with van der Waals surface area (Å²) in [5, 5.41) is 11.8. The van der Waals surface area contributed by atoms with Crippen molar-refractivity contribution in [1.82, 2.24) is 0 Å². The summed E-state index contributed by atoms with van der Waals surface area (Å²) in [6.45, 7) is 0. The number of anilines is 1. The molecule has 2 aromatic carbocycles. The first-order chi connectivity index (χ1) is 11.6. The van der Waals surface area contributed by atoms with Gasteiger partial charge in [-0.25, -0.2) is 0 Å². The maximum atomic E-state index is 12.5. The Morgan fingerprint density at radius 1 is 1.04 bits per heavy atom. The standard InChI is InChI=1S/C20H21NO3/c22-19(23)12-14-5-4-8-18(11-14)21-20(24)17-10-9-16(13-17)15-6-2-1-3-7-15/h1-8,11,16-17H,9-10,12-13H2,(H,21,24)(H,22,23)/t16-,17-/m1/s1. The van der Waals surface area contributed by atoms with Gasteiger partial charge in [-0.2, -0.15) is 0 Å². The van der Waals surface area contributed by atoms with Crippen molar-refractivity contribution in [3.05, 3.63) is 65.7 Å². The van der Waals surface area contributed by atoms with Gasteiger partial charge in [0.1, 0.15) is 0 Å². The van der Waals surface area contributed by atoms with Crippen LogP contribution in [-0.2, 0) is 16.0 Å². The van der Waals surface area contributed by atoms with Gasteiger partial charge in [-0.3, -0.25) is 9.59 Å². The molecule has 0 bridgehead atoms. The van der Waals surface area contributed by atoms with Crippen LogP contribution in [0, 0.1) is 5.92 Å². The van der Waals surface area contributed by atoms with E-state index in [1.165, 1.54) is 5.56 Å². The van der Waals surface area contributed by atoms with Gasteiger partial charge in [0.05, 0.1) is 6.42 Å². The molecule has 124 valence electrons. The average molecular weight is 323 g/mol. The summed E-state index contributed by atoms with van der Waals surface area (Å²) in [6, 6.07) is 17.4. The van der Waals surface area contributed by atoms with Gasteiger partial charge in [0, 0.05) is 11.6 Å². The van der Waals surface area contributed by atoms with Gasteiger partial charge in [-0.1, -0.05) is 42.5 Å². The van der Waals surface area contributed by atoms with E-state index in [4.69, 9.17) is 5.11 Å². The molecule has 0 unspecified atom stereocenters. The van der Waals surface area contributed by atoms with E-state index >= 15 is 0 Å². The predicted molar refractivity (Wildman–Crippen MR) is 92.9 cm³/mol. The lowest BCUT2D eigenvalue weighted by atomic mass is 9.96. The van der Waals surface area contributed by atoms with E-state index in [1.807, 2.05) is 18.2 Å². The van der Waals surface area contributed by atoms with Gasteiger partial charge in [-0.05, 0) is 48.4 Å². The summed E-state index contributed by atoms with van der Waals surface area (Å²) in [7, 11) is 0. The fraction of sp³-hybridized carbons (Fsp3) is 0.300. The number of hydrogen-bond donors (Lipinski definition) is 2. The van der Waals surface area contributed by atoms with Gasteiger partial charge in [0.25, 0.3) is 0 Å². The highest BCUT2D eigenvalue weighted by Crippen LogP contribution is 2.38. The molecule has 0 aliphatic heterocycles. The summed E-state index contributed by atoms with van der Waals surface area (Å²) >= 11 is 0. The van der Waals surface area contributed by atoms with Crippen molar-refractivity contribution in [1.29, 1.82) is 0 Å². The van der Waals surface area contributed by atoms with Crippen LogP contribution in [-0.4, -0.2) is 17.0 Å². The number of nitrogens with one attached hydrogen (secondary N) is 1. The van der Waals surface area contributed by atoms with Gasteiger partial charge in [0.2, 0.25) is 5.91 Å². The molecule has 0 heterocycles. The van der Waals surface area contributed by atoms with E-state index in [0.717, 1.165) is 19.3 Å². The average Bonchev–Trinajstić information content (AvgIpc) is 3.05. The SMILES string of the molecule is O=C(O)Cc1cccc(NC(=O)[C@@H]2CC[C@@H](c3ccccc3)C2)c1. The number of rotatable bonds is 5. The molecule has 0 aromatic heterocycles. The Labute approximate surface area is 141 Å². The Morgan fingerprint density at radius 3 is 2.58 bits per heavy atom. The van der Waals surface area contributed by atoms with E-state index in [1.54, 1.807) is 24.3 Å². The van der Waals surface area contributed by atoms with Crippen LogP contribution in [0.1, 0.15) is 36.3 Å². The zero-order valence-electron chi connectivity index (χ0n) is 13.4. The van der Waals surface area contributed by atoms with Gasteiger partial charge < -0.3 is 10.4 Å². The molecule has 0 saturated heterocycles. The molecule has 0 radical (unpaired) electrons. The molecule has 0 spiro atoms. The first-order valence-corrected chi connectivity index (χ1v) is 8.28. The molecule has 4 nitrogen and oxygen atoms in total. The largest absolute Gasteiger partial charge is 0.481 e. The minimum atomic E-state index is -0.875. The molecule has 2 N–H and O–H groups in total. The van der Waals surface area contributed by atoms with Crippen molar-refractivity contribution < 1.29 is 14.7 Å². The predicted octanol–water partition coefficient (Wildman–Crippen LogP) is 3.84. The lowest BCUT2D eigenvalue weighted by Gasteiger charge is -2.13. The maximum absolute atomic E-state index is 12.5. The zero-order chi connectivity index (χ0) is 16.9. The fourth-order valence-corrected chi connectivity index (χ4v) is 3.43. The Morgan fingerprint density at radius 2 is 1.83 bits per heavy atom. The molecule has 1 saturated carbocycles. The summed E-state index contributed by atoms with van der Waals surface area (Å²) in [5.74, 6) is -0.389. The second-order valence-corrected chi connectivity index (χ2v) is 6.38. The third kappa shape index (κ3) is 4.02. The second kappa shape index (κ2) is 7.30. The summed E-state index contributed by atoms with van der Waals surface area (Å²) in [6.07, 6.45) is 2.75. The first-order valence-electron chi connectivity index (χ1n) is 8.28. The van der Waals surface area contributed by atoms with Crippen LogP contribution in [0.15, 0.2) is 54.6 Å².